The lowest BCUT2D eigenvalue weighted by Gasteiger charge is -2.15. The van der Waals surface area contributed by atoms with Gasteiger partial charge in [-0.1, -0.05) is 49.0 Å². The van der Waals surface area contributed by atoms with Gasteiger partial charge < -0.3 is 0 Å². The summed E-state index contributed by atoms with van der Waals surface area (Å²) in [4.78, 5) is 17.7. The summed E-state index contributed by atoms with van der Waals surface area (Å²) in [7, 11) is 0. The molecule has 0 unspecified atom stereocenters. The Morgan fingerprint density at radius 3 is 2.85 bits per heavy atom. The fraction of sp³-hybridized carbons (Fsp3) is 0.150. The summed E-state index contributed by atoms with van der Waals surface area (Å²) in [5, 5.41) is 7.70. The molecule has 0 fully saturated rings. The molecule has 4 rings (SSSR count). The van der Waals surface area contributed by atoms with E-state index in [4.69, 9.17) is 0 Å². The normalized spacial score (nSPS) is 11.2. The standard InChI is InChI=1S/C20H17FN4OS/c1-2-14-7-3-4-9-17(14)25-19(26)16-11-22-24-18(16)23-20(25)27-12-13-6-5-8-15(21)10-13/h3-11H,2,12H2,1H3,(H,22,24). The highest BCUT2D eigenvalue weighted by molar-refractivity contribution is 7.98. The van der Waals surface area contributed by atoms with Crippen LogP contribution < -0.4 is 5.56 Å². The number of hydrogen-bond donors (Lipinski definition) is 1. The molecule has 0 spiro atoms. The Bertz CT molecular complexity index is 1170. The second kappa shape index (κ2) is 7.36. The second-order valence-corrected chi connectivity index (χ2v) is 7.01. The summed E-state index contributed by atoms with van der Waals surface area (Å²) in [5.41, 5.74) is 2.97. The van der Waals surface area contributed by atoms with Gasteiger partial charge in [0.25, 0.3) is 5.56 Å². The maximum atomic E-state index is 13.5. The molecule has 0 radical (unpaired) electrons. The number of halogens is 1. The van der Waals surface area contributed by atoms with Crippen molar-refractivity contribution in [3.05, 3.63) is 82.0 Å². The molecule has 0 saturated heterocycles. The summed E-state index contributed by atoms with van der Waals surface area (Å²) >= 11 is 1.39. The monoisotopic (exact) mass is 380 g/mol. The van der Waals surface area contributed by atoms with E-state index < -0.39 is 0 Å². The lowest BCUT2D eigenvalue weighted by Crippen LogP contribution is -2.22. The molecule has 0 atom stereocenters. The summed E-state index contributed by atoms with van der Waals surface area (Å²) in [5.74, 6) is 0.219. The largest absolute Gasteiger partial charge is 0.269 e. The van der Waals surface area contributed by atoms with Crippen LogP contribution in [0.1, 0.15) is 18.1 Å². The lowest BCUT2D eigenvalue weighted by atomic mass is 10.1. The molecule has 0 bridgehead atoms. The first-order valence-corrected chi connectivity index (χ1v) is 9.57. The van der Waals surface area contributed by atoms with Gasteiger partial charge in [0.2, 0.25) is 0 Å². The highest BCUT2D eigenvalue weighted by Gasteiger charge is 2.16. The lowest BCUT2D eigenvalue weighted by molar-refractivity contribution is 0.626. The highest BCUT2D eigenvalue weighted by atomic mass is 32.2. The van der Waals surface area contributed by atoms with Crippen LogP contribution in [0.15, 0.2) is 64.7 Å². The minimum absolute atomic E-state index is 0.170. The molecule has 0 aliphatic rings. The highest BCUT2D eigenvalue weighted by Crippen LogP contribution is 2.26. The van der Waals surface area contributed by atoms with Crippen LogP contribution in [0.5, 0.6) is 0 Å². The third kappa shape index (κ3) is 3.38. The van der Waals surface area contributed by atoms with Crippen molar-refractivity contribution in [2.75, 3.05) is 0 Å². The molecular weight excluding hydrogens is 363 g/mol. The van der Waals surface area contributed by atoms with Crippen LogP contribution in [0.3, 0.4) is 0 Å². The molecule has 0 aliphatic heterocycles. The van der Waals surface area contributed by atoms with Crippen molar-refractivity contribution in [3.8, 4) is 5.69 Å². The molecular formula is C20H17FN4OS. The number of nitrogens with zero attached hydrogens (tertiary/aromatic N) is 3. The third-order valence-electron chi connectivity index (χ3n) is 4.32. The van der Waals surface area contributed by atoms with Crippen molar-refractivity contribution >= 4 is 22.8 Å². The van der Waals surface area contributed by atoms with Crippen LogP contribution in [0.2, 0.25) is 0 Å². The SMILES string of the molecule is CCc1ccccc1-n1c(SCc2cccc(F)c2)nc2[nH]ncc2c1=O. The first kappa shape index (κ1) is 17.5. The number of benzene rings is 2. The Morgan fingerprint density at radius 1 is 1.19 bits per heavy atom. The molecule has 4 aromatic rings. The van der Waals surface area contributed by atoms with E-state index in [0.29, 0.717) is 21.9 Å². The maximum absolute atomic E-state index is 13.5. The number of para-hydroxylation sites is 1. The van der Waals surface area contributed by atoms with Crippen LogP contribution in [-0.4, -0.2) is 19.7 Å². The smallest absolute Gasteiger partial charge is 0.268 e. The molecule has 136 valence electrons. The van der Waals surface area contributed by atoms with Crippen LogP contribution in [0.4, 0.5) is 4.39 Å². The van der Waals surface area contributed by atoms with Gasteiger partial charge in [-0.25, -0.2) is 9.37 Å². The second-order valence-electron chi connectivity index (χ2n) is 6.07. The number of nitrogens with one attached hydrogen (secondary N) is 1. The average molecular weight is 380 g/mol. The molecule has 27 heavy (non-hydrogen) atoms. The van der Waals surface area contributed by atoms with Crippen molar-refractivity contribution < 1.29 is 4.39 Å². The molecule has 1 N–H and O–H groups in total. The van der Waals surface area contributed by atoms with E-state index in [1.807, 2.05) is 37.3 Å². The number of fused-ring (bicyclic) bond motifs is 1. The van der Waals surface area contributed by atoms with Crippen molar-refractivity contribution in [1.82, 2.24) is 19.7 Å². The van der Waals surface area contributed by atoms with Crippen LogP contribution in [0, 0.1) is 5.82 Å². The Kier molecular flexibility index (Phi) is 4.77. The number of hydrogen-bond acceptors (Lipinski definition) is 4. The van der Waals surface area contributed by atoms with Gasteiger partial charge in [-0.05, 0) is 35.7 Å². The maximum Gasteiger partial charge on any atom is 0.269 e. The van der Waals surface area contributed by atoms with E-state index >= 15 is 0 Å². The Morgan fingerprint density at radius 2 is 2.04 bits per heavy atom. The Balaban J connectivity index is 1.84. The predicted molar refractivity (Wildman–Crippen MR) is 105 cm³/mol. The first-order chi connectivity index (χ1) is 13.2. The number of aromatic nitrogens is 4. The van der Waals surface area contributed by atoms with Crippen LogP contribution in [-0.2, 0) is 12.2 Å². The van der Waals surface area contributed by atoms with E-state index in [1.165, 1.54) is 30.1 Å². The topological polar surface area (TPSA) is 63.6 Å². The van der Waals surface area contributed by atoms with Crippen molar-refractivity contribution in [2.24, 2.45) is 0 Å². The number of rotatable bonds is 5. The van der Waals surface area contributed by atoms with Gasteiger partial charge in [0, 0.05) is 5.75 Å². The zero-order valence-corrected chi connectivity index (χ0v) is 15.5. The number of aromatic amines is 1. The summed E-state index contributed by atoms with van der Waals surface area (Å²) < 4.78 is 15.1. The van der Waals surface area contributed by atoms with Crippen LogP contribution >= 0.6 is 11.8 Å². The van der Waals surface area contributed by atoms with Gasteiger partial charge >= 0.3 is 0 Å². The molecule has 0 amide bonds. The van der Waals surface area contributed by atoms with Crippen molar-refractivity contribution in [2.45, 2.75) is 24.3 Å². The Labute approximate surface area is 159 Å². The summed E-state index contributed by atoms with van der Waals surface area (Å²) in [6, 6.07) is 14.2. The fourth-order valence-electron chi connectivity index (χ4n) is 2.99. The van der Waals surface area contributed by atoms with E-state index in [-0.39, 0.29) is 11.4 Å². The van der Waals surface area contributed by atoms with E-state index in [0.717, 1.165) is 23.2 Å². The number of aryl methyl sites for hydroxylation is 1. The molecule has 0 aliphatic carbocycles. The number of thioether (sulfide) groups is 1. The fourth-order valence-corrected chi connectivity index (χ4v) is 3.93. The summed E-state index contributed by atoms with van der Waals surface area (Å²) in [6.45, 7) is 2.05. The van der Waals surface area contributed by atoms with Gasteiger partial charge in [-0.3, -0.25) is 14.5 Å². The van der Waals surface area contributed by atoms with Gasteiger partial charge in [-0.2, -0.15) is 5.10 Å². The van der Waals surface area contributed by atoms with Gasteiger partial charge in [-0.15, -0.1) is 0 Å². The minimum atomic E-state index is -0.279. The first-order valence-electron chi connectivity index (χ1n) is 8.59. The molecule has 2 aromatic carbocycles. The van der Waals surface area contributed by atoms with Gasteiger partial charge in [0.1, 0.15) is 11.2 Å². The average Bonchev–Trinajstić information content (AvgIpc) is 3.15. The Hall–Kier alpha value is -2.93. The van der Waals surface area contributed by atoms with Gasteiger partial charge in [0.05, 0.1) is 11.9 Å². The quantitative estimate of drug-likeness (QED) is 0.418. The molecule has 2 heterocycles. The van der Waals surface area contributed by atoms with Gasteiger partial charge in [0.15, 0.2) is 10.8 Å². The van der Waals surface area contributed by atoms with E-state index in [9.17, 15) is 9.18 Å². The molecule has 2 aromatic heterocycles. The minimum Gasteiger partial charge on any atom is -0.268 e. The van der Waals surface area contributed by atoms with Crippen molar-refractivity contribution in [1.29, 1.82) is 0 Å². The summed E-state index contributed by atoms with van der Waals surface area (Å²) in [6.07, 6.45) is 2.29. The van der Waals surface area contributed by atoms with E-state index in [2.05, 4.69) is 15.2 Å². The van der Waals surface area contributed by atoms with E-state index in [1.54, 1.807) is 10.6 Å². The molecule has 5 nitrogen and oxygen atoms in total. The van der Waals surface area contributed by atoms with Crippen LogP contribution in [0.25, 0.3) is 16.7 Å². The zero-order valence-electron chi connectivity index (χ0n) is 14.6. The molecule has 7 heteroatoms. The zero-order chi connectivity index (χ0) is 18.8. The predicted octanol–water partition coefficient (Wildman–Crippen LogP) is 4.10. The molecule has 0 saturated carbocycles. The number of H-pyrrole nitrogens is 1. The van der Waals surface area contributed by atoms with Crippen molar-refractivity contribution in [3.63, 3.8) is 0 Å². The third-order valence-corrected chi connectivity index (χ3v) is 5.33.